The maximum absolute atomic E-state index is 13.1. The van der Waals surface area contributed by atoms with Gasteiger partial charge in [0.15, 0.2) is 5.82 Å². The average molecular weight is 391 g/mol. The van der Waals surface area contributed by atoms with Gasteiger partial charge < -0.3 is 15.5 Å². The SMILES string of the molecule is O=C(NC1CCCC1)c1ccc2c(n1)N(C(=O)Nc1ccccc1)[C@H]1CCN2C1. The van der Waals surface area contributed by atoms with Crippen LogP contribution in [-0.4, -0.2) is 42.1 Å². The maximum Gasteiger partial charge on any atom is 0.327 e. The van der Waals surface area contributed by atoms with Gasteiger partial charge in [-0.2, -0.15) is 0 Å². The second-order valence-electron chi connectivity index (χ2n) is 8.05. The summed E-state index contributed by atoms with van der Waals surface area (Å²) in [6.45, 7) is 1.69. The molecule has 3 heterocycles. The molecule has 150 valence electrons. The van der Waals surface area contributed by atoms with Crippen molar-refractivity contribution in [2.75, 3.05) is 28.2 Å². The lowest BCUT2D eigenvalue weighted by atomic mass is 10.1. The zero-order chi connectivity index (χ0) is 19.8. The molecule has 5 rings (SSSR count). The summed E-state index contributed by atoms with van der Waals surface area (Å²) in [4.78, 5) is 34.5. The summed E-state index contributed by atoms with van der Waals surface area (Å²) in [6, 6.07) is 13.2. The Morgan fingerprint density at radius 1 is 1.00 bits per heavy atom. The zero-order valence-electron chi connectivity index (χ0n) is 16.3. The molecule has 2 aliphatic heterocycles. The fourth-order valence-corrected chi connectivity index (χ4v) is 4.63. The standard InChI is InChI=1S/C22H25N5O2/c28-21(23-15-8-4-5-9-15)18-10-11-19-20(25-18)27(17-12-13-26(19)14-17)22(29)24-16-6-2-1-3-7-16/h1-3,6-7,10-11,15,17H,4-5,8-9,12-14H2,(H,23,28)(H,24,29)/t17-/m0/s1. The Balaban J connectivity index is 1.43. The highest BCUT2D eigenvalue weighted by molar-refractivity contribution is 6.05. The minimum absolute atomic E-state index is 0.0619. The van der Waals surface area contributed by atoms with Gasteiger partial charge in [0, 0.05) is 24.8 Å². The summed E-state index contributed by atoms with van der Waals surface area (Å²) in [5.41, 5.74) is 2.03. The van der Waals surface area contributed by atoms with Gasteiger partial charge >= 0.3 is 6.03 Å². The minimum atomic E-state index is -0.204. The number of amides is 3. The summed E-state index contributed by atoms with van der Waals surface area (Å²) >= 11 is 0. The van der Waals surface area contributed by atoms with Gasteiger partial charge in [0.25, 0.3) is 5.91 Å². The van der Waals surface area contributed by atoms with Crippen molar-refractivity contribution in [2.45, 2.75) is 44.2 Å². The summed E-state index contributed by atoms with van der Waals surface area (Å²) in [7, 11) is 0. The van der Waals surface area contributed by atoms with E-state index in [0.29, 0.717) is 11.5 Å². The summed E-state index contributed by atoms with van der Waals surface area (Å²) in [5, 5.41) is 6.06. The molecule has 0 radical (unpaired) electrons. The fourth-order valence-electron chi connectivity index (χ4n) is 4.63. The molecule has 3 amide bonds. The third kappa shape index (κ3) is 3.41. The molecule has 2 N–H and O–H groups in total. The first-order chi connectivity index (χ1) is 14.2. The van der Waals surface area contributed by atoms with Crippen LogP contribution in [0.25, 0.3) is 0 Å². The molecule has 3 aliphatic rings. The highest BCUT2D eigenvalue weighted by atomic mass is 16.2. The van der Waals surface area contributed by atoms with Gasteiger partial charge in [-0.15, -0.1) is 0 Å². The van der Waals surface area contributed by atoms with E-state index in [0.717, 1.165) is 56.6 Å². The van der Waals surface area contributed by atoms with Crippen molar-refractivity contribution in [1.29, 1.82) is 0 Å². The number of carbonyl (C=O) groups excluding carboxylic acids is 2. The molecular formula is C22H25N5O2. The highest BCUT2D eigenvalue weighted by Crippen LogP contribution is 2.39. The molecule has 7 nitrogen and oxygen atoms in total. The van der Waals surface area contributed by atoms with Crippen LogP contribution in [0.15, 0.2) is 42.5 Å². The number of pyridine rings is 1. The van der Waals surface area contributed by atoms with E-state index < -0.39 is 0 Å². The van der Waals surface area contributed by atoms with Crippen molar-refractivity contribution < 1.29 is 9.59 Å². The molecule has 1 aromatic carbocycles. The molecule has 2 aromatic rings. The van der Waals surface area contributed by atoms with E-state index in [2.05, 4.69) is 20.5 Å². The summed E-state index contributed by atoms with van der Waals surface area (Å²) < 4.78 is 0. The van der Waals surface area contributed by atoms with Gasteiger partial charge in [-0.05, 0) is 43.5 Å². The number of aromatic nitrogens is 1. The van der Waals surface area contributed by atoms with Gasteiger partial charge in [-0.1, -0.05) is 31.0 Å². The lowest BCUT2D eigenvalue weighted by Crippen LogP contribution is -2.48. The zero-order valence-corrected chi connectivity index (χ0v) is 16.3. The number of nitrogens with zero attached hydrogens (tertiary/aromatic N) is 3. The topological polar surface area (TPSA) is 77.6 Å². The molecule has 0 unspecified atom stereocenters. The normalized spacial score (nSPS) is 20.5. The third-order valence-corrected chi connectivity index (χ3v) is 6.12. The van der Waals surface area contributed by atoms with Crippen LogP contribution in [0.1, 0.15) is 42.6 Å². The van der Waals surface area contributed by atoms with Crippen LogP contribution in [0.2, 0.25) is 0 Å². The van der Waals surface area contributed by atoms with Crippen molar-refractivity contribution in [3.63, 3.8) is 0 Å². The molecule has 29 heavy (non-hydrogen) atoms. The Morgan fingerprint density at radius 3 is 2.59 bits per heavy atom. The van der Waals surface area contributed by atoms with Crippen LogP contribution < -0.4 is 20.4 Å². The van der Waals surface area contributed by atoms with Crippen molar-refractivity contribution >= 4 is 29.1 Å². The van der Waals surface area contributed by atoms with Crippen LogP contribution in [0.3, 0.4) is 0 Å². The molecule has 2 fully saturated rings. The van der Waals surface area contributed by atoms with Gasteiger partial charge in [0.05, 0.1) is 11.7 Å². The second kappa shape index (κ2) is 7.39. The van der Waals surface area contributed by atoms with Crippen LogP contribution in [0.5, 0.6) is 0 Å². The lowest BCUT2D eigenvalue weighted by molar-refractivity contribution is 0.0933. The number of benzene rings is 1. The van der Waals surface area contributed by atoms with Crippen LogP contribution in [0, 0.1) is 0 Å². The molecule has 1 saturated carbocycles. The molecule has 0 spiro atoms. The Labute approximate surface area is 170 Å². The molecular weight excluding hydrogens is 366 g/mol. The Bertz CT molecular complexity index is 926. The molecule has 1 aliphatic carbocycles. The Kier molecular flexibility index (Phi) is 4.58. The number of carbonyl (C=O) groups is 2. The van der Waals surface area contributed by atoms with Gasteiger partial charge in [0.1, 0.15) is 5.69 Å². The quantitative estimate of drug-likeness (QED) is 0.841. The van der Waals surface area contributed by atoms with E-state index in [4.69, 9.17) is 0 Å². The fraction of sp³-hybridized carbons (Fsp3) is 0.409. The number of fused-ring (bicyclic) bond motifs is 4. The Hall–Kier alpha value is -3.09. The number of nitrogens with one attached hydrogen (secondary N) is 2. The van der Waals surface area contributed by atoms with E-state index in [1.165, 1.54) is 0 Å². The monoisotopic (exact) mass is 391 g/mol. The van der Waals surface area contributed by atoms with Crippen molar-refractivity contribution in [1.82, 2.24) is 10.3 Å². The largest absolute Gasteiger partial charge is 0.366 e. The number of urea groups is 1. The number of rotatable bonds is 3. The first kappa shape index (κ1) is 18.0. The van der Waals surface area contributed by atoms with E-state index in [1.807, 2.05) is 36.4 Å². The summed E-state index contributed by atoms with van der Waals surface area (Å²) in [6.07, 6.45) is 5.26. The predicted molar refractivity (Wildman–Crippen MR) is 113 cm³/mol. The maximum atomic E-state index is 13.1. The summed E-state index contributed by atoms with van der Waals surface area (Å²) in [5.74, 6) is 0.419. The van der Waals surface area contributed by atoms with E-state index in [9.17, 15) is 9.59 Å². The minimum Gasteiger partial charge on any atom is -0.366 e. The first-order valence-corrected chi connectivity index (χ1v) is 10.4. The first-order valence-electron chi connectivity index (χ1n) is 10.4. The third-order valence-electron chi connectivity index (χ3n) is 6.12. The van der Waals surface area contributed by atoms with Crippen LogP contribution in [-0.2, 0) is 0 Å². The molecule has 1 saturated heterocycles. The van der Waals surface area contributed by atoms with Crippen LogP contribution >= 0.6 is 0 Å². The van der Waals surface area contributed by atoms with Gasteiger partial charge in [-0.25, -0.2) is 9.78 Å². The van der Waals surface area contributed by atoms with Gasteiger partial charge in [-0.3, -0.25) is 9.69 Å². The Morgan fingerprint density at radius 2 is 1.79 bits per heavy atom. The van der Waals surface area contributed by atoms with Crippen LogP contribution in [0.4, 0.5) is 22.0 Å². The second-order valence-corrected chi connectivity index (χ2v) is 8.05. The predicted octanol–water partition coefficient (Wildman–Crippen LogP) is 3.38. The number of anilines is 3. The van der Waals surface area contributed by atoms with E-state index in [-0.39, 0.29) is 24.0 Å². The smallest absolute Gasteiger partial charge is 0.327 e. The highest BCUT2D eigenvalue weighted by Gasteiger charge is 2.40. The van der Waals surface area contributed by atoms with E-state index >= 15 is 0 Å². The number of para-hydroxylation sites is 1. The molecule has 7 heteroatoms. The van der Waals surface area contributed by atoms with Crippen molar-refractivity contribution in [2.24, 2.45) is 0 Å². The molecule has 1 atom stereocenters. The molecule has 2 bridgehead atoms. The van der Waals surface area contributed by atoms with Crippen molar-refractivity contribution in [3.8, 4) is 0 Å². The number of hydrogen-bond acceptors (Lipinski definition) is 4. The van der Waals surface area contributed by atoms with E-state index in [1.54, 1.807) is 11.0 Å². The molecule has 1 aromatic heterocycles. The lowest BCUT2D eigenvalue weighted by Gasteiger charge is -2.35. The van der Waals surface area contributed by atoms with Crippen molar-refractivity contribution in [3.05, 3.63) is 48.2 Å². The number of hydrogen-bond donors (Lipinski definition) is 2. The van der Waals surface area contributed by atoms with Gasteiger partial charge in [0.2, 0.25) is 0 Å². The average Bonchev–Trinajstić information content (AvgIpc) is 3.39.